The van der Waals surface area contributed by atoms with Gasteiger partial charge in [0.1, 0.15) is 6.04 Å². The molecule has 36 heavy (non-hydrogen) atoms. The maximum absolute atomic E-state index is 14.3. The fraction of sp³-hybridized carbons (Fsp3) is 0.519. The highest BCUT2D eigenvalue weighted by atomic mass is 35.5. The summed E-state index contributed by atoms with van der Waals surface area (Å²) in [6, 6.07) is 6.38. The number of halogens is 1. The molecule has 1 spiro atoms. The number of hydrogen-bond donors (Lipinski definition) is 1. The van der Waals surface area contributed by atoms with Crippen molar-refractivity contribution in [3.8, 4) is 0 Å². The van der Waals surface area contributed by atoms with E-state index in [9.17, 15) is 19.5 Å². The number of benzene rings is 1. The molecule has 4 rings (SSSR count). The monoisotopic (exact) mass is 532 g/mol. The lowest BCUT2D eigenvalue weighted by molar-refractivity contribution is -0.154. The fourth-order valence-electron chi connectivity index (χ4n) is 5.93. The number of para-hydroxylation sites is 1. The fourth-order valence-corrected chi connectivity index (χ4v) is 8.37. The quantitative estimate of drug-likeness (QED) is 0.250. The van der Waals surface area contributed by atoms with Crippen molar-refractivity contribution < 1.29 is 24.2 Å². The molecule has 1 N–H and O–H groups in total. The van der Waals surface area contributed by atoms with Crippen molar-refractivity contribution in [2.24, 2.45) is 11.8 Å². The number of amides is 2. The average molecular weight is 533 g/mol. The Labute approximate surface area is 221 Å². The molecule has 3 saturated heterocycles. The van der Waals surface area contributed by atoms with Crippen molar-refractivity contribution in [3.63, 3.8) is 0 Å². The lowest BCUT2D eigenvalue weighted by Crippen LogP contribution is -2.55. The van der Waals surface area contributed by atoms with Crippen LogP contribution in [-0.4, -0.2) is 70.1 Å². The summed E-state index contributed by atoms with van der Waals surface area (Å²) in [5, 5.41) is 9.70. The van der Waals surface area contributed by atoms with Crippen LogP contribution < -0.4 is 4.90 Å². The number of esters is 1. The number of fused-ring (bicyclic) bond motifs is 1. The molecule has 3 heterocycles. The van der Waals surface area contributed by atoms with E-state index in [4.69, 9.17) is 16.3 Å². The van der Waals surface area contributed by atoms with Gasteiger partial charge in [-0.05, 0) is 44.2 Å². The predicted octanol–water partition coefficient (Wildman–Crippen LogP) is 3.84. The van der Waals surface area contributed by atoms with Gasteiger partial charge in [0, 0.05) is 24.9 Å². The minimum atomic E-state index is -0.745. The summed E-state index contributed by atoms with van der Waals surface area (Å²) in [4.78, 5) is 44.6. The largest absolute Gasteiger partial charge is 0.465 e. The SMILES string of the molecule is C=CCCOC(=O)[C@@H]1[C@@H]2CCC3(S2)C(C(=O)N(CC=C)c2ccccc2Cl)N(CCCCO)C(=O)[C@H]13. The van der Waals surface area contributed by atoms with Crippen molar-refractivity contribution >= 4 is 46.8 Å². The highest BCUT2D eigenvalue weighted by Crippen LogP contribution is 2.66. The zero-order valence-corrected chi connectivity index (χ0v) is 21.9. The van der Waals surface area contributed by atoms with Gasteiger partial charge in [-0.15, -0.1) is 24.9 Å². The molecule has 1 aromatic carbocycles. The van der Waals surface area contributed by atoms with E-state index in [1.54, 1.807) is 51.9 Å². The second-order valence-corrected chi connectivity index (χ2v) is 11.5. The van der Waals surface area contributed by atoms with E-state index < -0.39 is 22.6 Å². The van der Waals surface area contributed by atoms with Crippen molar-refractivity contribution in [3.05, 3.63) is 54.6 Å². The second kappa shape index (κ2) is 11.4. The maximum Gasteiger partial charge on any atom is 0.310 e. The molecular weight excluding hydrogens is 500 g/mol. The number of ether oxygens (including phenoxy) is 1. The lowest BCUT2D eigenvalue weighted by atomic mass is 9.71. The standard InChI is InChI=1S/C27H33ClN2O5S/c1-3-5-17-35-26(34)21-20-12-13-27(36-20)22(21)24(32)30(15-8-9-16-31)23(27)25(33)29(14-4-2)19-11-7-6-10-18(19)28/h3-4,6-7,10-11,20-23,31H,1-2,5,8-9,12-17H2/t20-,21+,22-,23?,27?/m0/s1. The maximum atomic E-state index is 14.3. The molecule has 2 amide bonds. The Balaban J connectivity index is 1.72. The average Bonchev–Trinajstić information content (AvgIpc) is 3.51. The number of aliphatic hydroxyl groups excluding tert-OH is 1. The Bertz CT molecular complexity index is 1040. The van der Waals surface area contributed by atoms with Gasteiger partial charge in [0.25, 0.3) is 5.91 Å². The van der Waals surface area contributed by atoms with Gasteiger partial charge in [-0.1, -0.05) is 35.9 Å². The number of rotatable bonds is 12. The minimum absolute atomic E-state index is 0.00645. The summed E-state index contributed by atoms with van der Waals surface area (Å²) >= 11 is 8.08. The first kappa shape index (κ1) is 26.8. The third kappa shape index (κ3) is 4.59. The summed E-state index contributed by atoms with van der Waals surface area (Å²) < 4.78 is 4.81. The van der Waals surface area contributed by atoms with Crippen LogP contribution in [0.5, 0.6) is 0 Å². The Morgan fingerprint density at radius 3 is 2.75 bits per heavy atom. The minimum Gasteiger partial charge on any atom is -0.465 e. The van der Waals surface area contributed by atoms with E-state index in [0.29, 0.717) is 42.9 Å². The van der Waals surface area contributed by atoms with Gasteiger partial charge in [0.2, 0.25) is 5.91 Å². The Kier molecular flexibility index (Phi) is 8.48. The molecule has 3 aliphatic rings. The van der Waals surface area contributed by atoms with Gasteiger partial charge >= 0.3 is 5.97 Å². The van der Waals surface area contributed by atoms with Crippen molar-refractivity contribution in [2.45, 2.75) is 48.1 Å². The van der Waals surface area contributed by atoms with Crippen LogP contribution in [0, 0.1) is 11.8 Å². The third-order valence-electron chi connectivity index (χ3n) is 7.40. The van der Waals surface area contributed by atoms with Crippen LogP contribution in [0.15, 0.2) is 49.6 Å². The Morgan fingerprint density at radius 2 is 2.06 bits per heavy atom. The van der Waals surface area contributed by atoms with Gasteiger partial charge < -0.3 is 19.6 Å². The first-order chi connectivity index (χ1) is 17.4. The van der Waals surface area contributed by atoms with Gasteiger partial charge in [-0.2, -0.15) is 0 Å². The third-order valence-corrected chi connectivity index (χ3v) is 9.67. The van der Waals surface area contributed by atoms with Gasteiger partial charge in [0.05, 0.1) is 33.9 Å². The molecule has 3 fully saturated rings. The highest BCUT2D eigenvalue weighted by Gasteiger charge is 2.74. The van der Waals surface area contributed by atoms with E-state index in [-0.39, 0.29) is 42.8 Å². The smallest absolute Gasteiger partial charge is 0.310 e. The number of thioether (sulfide) groups is 1. The topological polar surface area (TPSA) is 87.2 Å². The zero-order chi connectivity index (χ0) is 25.9. The van der Waals surface area contributed by atoms with Gasteiger partial charge in [0.15, 0.2) is 0 Å². The van der Waals surface area contributed by atoms with Crippen LogP contribution >= 0.6 is 23.4 Å². The Hall–Kier alpha value is -2.29. The van der Waals surface area contributed by atoms with Crippen molar-refractivity contribution in [1.29, 1.82) is 0 Å². The molecule has 0 aromatic heterocycles. The van der Waals surface area contributed by atoms with Gasteiger partial charge in [-0.3, -0.25) is 14.4 Å². The number of likely N-dealkylation sites (tertiary alicyclic amines) is 1. The molecule has 194 valence electrons. The number of hydrogen-bond acceptors (Lipinski definition) is 6. The molecule has 2 unspecified atom stereocenters. The molecule has 0 aliphatic carbocycles. The number of nitrogens with zero attached hydrogens (tertiary/aromatic N) is 2. The molecule has 1 aromatic rings. The van der Waals surface area contributed by atoms with Crippen LogP contribution in [0.3, 0.4) is 0 Å². The van der Waals surface area contributed by atoms with E-state index in [2.05, 4.69) is 13.2 Å². The van der Waals surface area contributed by atoms with Crippen LogP contribution in [0.25, 0.3) is 0 Å². The van der Waals surface area contributed by atoms with Crippen LogP contribution in [-0.2, 0) is 19.1 Å². The first-order valence-electron chi connectivity index (χ1n) is 12.4. The highest BCUT2D eigenvalue weighted by molar-refractivity contribution is 8.02. The number of unbranched alkanes of at least 4 members (excludes halogenated alkanes) is 1. The zero-order valence-electron chi connectivity index (χ0n) is 20.3. The van der Waals surface area contributed by atoms with Gasteiger partial charge in [-0.25, -0.2) is 0 Å². The molecule has 9 heteroatoms. The molecule has 7 nitrogen and oxygen atoms in total. The second-order valence-electron chi connectivity index (χ2n) is 9.45. The molecule has 0 radical (unpaired) electrons. The molecular formula is C27H33ClN2O5S. The van der Waals surface area contributed by atoms with Crippen molar-refractivity contribution in [2.75, 3.05) is 31.2 Å². The molecule has 0 saturated carbocycles. The van der Waals surface area contributed by atoms with Crippen molar-refractivity contribution in [1.82, 2.24) is 4.90 Å². The van der Waals surface area contributed by atoms with E-state index in [1.807, 2.05) is 6.07 Å². The number of anilines is 1. The van der Waals surface area contributed by atoms with Crippen LogP contribution in [0.4, 0.5) is 5.69 Å². The van der Waals surface area contributed by atoms with Crippen LogP contribution in [0.1, 0.15) is 32.1 Å². The number of carbonyl (C=O) groups excluding carboxylic acids is 3. The molecule has 3 aliphatic heterocycles. The molecule has 5 atom stereocenters. The normalized spacial score (nSPS) is 28.2. The summed E-state index contributed by atoms with van der Waals surface area (Å²) in [5.74, 6) is -1.96. The summed E-state index contributed by atoms with van der Waals surface area (Å²) in [7, 11) is 0. The van der Waals surface area contributed by atoms with E-state index in [1.165, 1.54) is 0 Å². The van der Waals surface area contributed by atoms with E-state index in [0.717, 1.165) is 6.42 Å². The summed E-state index contributed by atoms with van der Waals surface area (Å²) in [6.45, 7) is 8.29. The lowest BCUT2D eigenvalue weighted by Gasteiger charge is -2.37. The summed E-state index contributed by atoms with van der Waals surface area (Å²) in [6.07, 6.45) is 6.37. The predicted molar refractivity (Wildman–Crippen MR) is 142 cm³/mol. The van der Waals surface area contributed by atoms with E-state index >= 15 is 0 Å². The molecule has 2 bridgehead atoms. The first-order valence-corrected chi connectivity index (χ1v) is 13.7. The summed E-state index contributed by atoms with van der Waals surface area (Å²) in [5.41, 5.74) is 0.560. The number of aliphatic hydroxyl groups is 1. The van der Waals surface area contributed by atoms with Crippen LogP contribution in [0.2, 0.25) is 5.02 Å². The Morgan fingerprint density at radius 1 is 1.28 bits per heavy atom. The number of carbonyl (C=O) groups is 3.